The molecule has 2 N–H and O–H groups in total. The van der Waals surface area contributed by atoms with Gasteiger partial charge in [0.15, 0.2) is 0 Å². The van der Waals surface area contributed by atoms with Gasteiger partial charge in [-0.25, -0.2) is 9.18 Å². The van der Waals surface area contributed by atoms with Gasteiger partial charge in [0.25, 0.3) is 0 Å². The van der Waals surface area contributed by atoms with E-state index >= 15 is 0 Å². The number of benzene rings is 1. The number of carbonyl (C=O) groups excluding carboxylic acids is 1. The van der Waals surface area contributed by atoms with E-state index in [-0.39, 0.29) is 17.6 Å². The van der Waals surface area contributed by atoms with Crippen LogP contribution in [0.2, 0.25) is 0 Å². The average Bonchev–Trinajstić information content (AvgIpc) is 2.40. The summed E-state index contributed by atoms with van der Waals surface area (Å²) in [4.78, 5) is 11.7. The second kappa shape index (κ2) is 6.19. The Morgan fingerprint density at radius 1 is 1.32 bits per heavy atom. The molecule has 0 heterocycles. The molecule has 100 valence electrons. The Balaban J connectivity index is 1.91. The van der Waals surface area contributed by atoms with Gasteiger partial charge in [-0.1, -0.05) is 19.3 Å². The van der Waals surface area contributed by atoms with Crippen molar-refractivity contribution < 1.29 is 9.18 Å². The number of hydrogen-bond donors (Lipinski definition) is 2. The van der Waals surface area contributed by atoms with Crippen molar-refractivity contribution in [3.8, 4) is 6.07 Å². The Bertz CT molecular complexity index is 504. The van der Waals surface area contributed by atoms with Crippen molar-refractivity contribution in [2.75, 3.05) is 5.32 Å². The quantitative estimate of drug-likeness (QED) is 0.858. The van der Waals surface area contributed by atoms with Gasteiger partial charge in [0.1, 0.15) is 11.9 Å². The van der Waals surface area contributed by atoms with Crippen LogP contribution in [0.4, 0.5) is 14.9 Å². The lowest BCUT2D eigenvalue weighted by Crippen LogP contribution is -2.39. The maximum atomic E-state index is 13.4. The van der Waals surface area contributed by atoms with Crippen molar-refractivity contribution in [3.05, 3.63) is 29.6 Å². The molecule has 0 unspecified atom stereocenters. The lowest BCUT2D eigenvalue weighted by Gasteiger charge is -2.22. The van der Waals surface area contributed by atoms with E-state index in [2.05, 4.69) is 10.6 Å². The van der Waals surface area contributed by atoms with Gasteiger partial charge in [-0.15, -0.1) is 0 Å². The van der Waals surface area contributed by atoms with E-state index in [1.807, 2.05) is 0 Å². The summed E-state index contributed by atoms with van der Waals surface area (Å²) in [5.74, 6) is -0.627. The normalized spacial score (nSPS) is 15.6. The molecular weight excluding hydrogens is 245 g/mol. The van der Waals surface area contributed by atoms with Crippen molar-refractivity contribution in [2.24, 2.45) is 0 Å². The largest absolute Gasteiger partial charge is 0.335 e. The van der Waals surface area contributed by atoms with E-state index in [1.54, 1.807) is 6.07 Å². The highest BCUT2D eigenvalue weighted by molar-refractivity contribution is 5.89. The first kappa shape index (κ1) is 13.3. The maximum absolute atomic E-state index is 13.4. The van der Waals surface area contributed by atoms with E-state index in [0.717, 1.165) is 31.7 Å². The molecule has 1 aromatic carbocycles. The molecule has 1 aromatic rings. The fourth-order valence-corrected chi connectivity index (χ4v) is 2.28. The van der Waals surface area contributed by atoms with Crippen LogP contribution in [-0.2, 0) is 0 Å². The number of nitriles is 1. The Labute approximate surface area is 111 Å². The first-order chi connectivity index (χ1) is 9.19. The van der Waals surface area contributed by atoms with E-state index in [9.17, 15) is 9.18 Å². The molecule has 1 aliphatic rings. The Morgan fingerprint density at radius 3 is 2.68 bits per heavy atom. The molecule has 0 radical (unpaired) electrons. The number of hydrogen-bond acceptors (Lipinski definition) is 2. The first-order valence-electron chi connectivity index (χ1n) is 6.46. The fourth-order valence-electron chi connectivity index (χ4n) is 2.28. The van der Waals surface area contributed by atoms with Crippen LogP contribution in [0.5, 0.6) is 0 Å². The molecular formula is C14H16FN3O. The average molecular weight is 261 g/mol. The Hall–Kier alpha value is -2.09. The van der Waals surface area contributed by atoms with Crippen molar-refractivity contribution in [1.29, 1.82) is 5.26 Å². The number of nitrogens with zero attached hydrogens (tertiary/aromatic N) is 1. The summed E-state index contributed by atoms with van der Waals surface area (Å²) in [6.45, 7) is 0. The van der Waals surface area contributed by atoms with Crippen molar-refractivity contribution in [1.82, 2.24) is 5.32 Å². The van der Waals surface area contributed by atoms with Crippen LogP contribution in [-0.4, -0.2) is 12.1 Å². The van der Waals surface area contributed by atoms with Gasteiger partial charge in [-0.05, 0) is 31.0 Å². The molecule has 0 spiro atoms. The summed E-state index contributed by atoms with van der Waals surface area (Å²) < 4.78 is 13.4. The number of nitrogens with one attached hydrogen (secondary N) is 2. The molecule has 0 saturated heterocycles. The lowest BCUT2D eigenvalue weighted by molar-refractivity contribution is 0.244. The van der Waals surface area contributed by atoms with Gasteiger partial charge in [0, 0.05) is 11.7 Å². The molecule has 0 aliphatic heterocycles. The van der Waals surface area contributed by atoms with Crippen LogP contribution in [0.15, 0.2) is 18.2 Å². The van der Waals surface area contributed by atoms with Gasteiger partial charge < -0.3 is 10.6 Å². The summed E-state index contributed by atoms with van der Waals surface area (Å²) in [5.41, 5.74) is 0.322. The van der Waals surface area contributed by atoms with Crippen LogP contribution in [0, 0.1) is 17.1 Å². The molecule has 5 heteroatoms. The van der Waals surface area contributed by atoms with E-state index in [0.29, 0.717) is 5.69 Å². The first-order valence-corrected chi connectivity index (χ1v) is 6.46. The van der Waals surface area contributed by atoms with Gasteiger partial charge in [-0.2, -0.15) is 5.26 Å². The lowest BCUT2D eigenvalue weighted by atomic mass is 9.96. The van der Waals surface area contributed by atoms with Gasteiger partial charge in [-0.3, -0.25) is 0 Å². The second-order valence-corrected chi connectivity index (χ2v) is 4.74. The molecule has 19 heavy (non-hydrogen) atoms. The third-order valence-corrected chi connectivity index (χ3v) is 3.29. The monoisotopic (exact) mass is 261 g/mol. The smallest absolute Gasteiger partial charge is 0.319 e. The molecule has 1 fully saturated rings. The minimum atomic E-state index is -0.627. The van der Waals surface area contributed by atoms with E-state index in [4.69, 9.17) is 5.26 Å². The number of amides is 2. The number of carbonyl (C=O) groups is 1. The van der Waals surface area contributed by atoms with Gasteiger partial charge in [0.05, 0.1) is 5.56 Å². The molecule has 2 amide bonds. The minimum Gasteiger partial charge on any atom is -0.335 e. The van der Waals surface area contributed by atoms with Gasteiger partial charge in [0.2, 0.25) is 0 Å². The number of anilines is 1. The minimum absolute atomic E-state index is 0.0294. The molecule has 4 nitrogen and oxygen atoms in total. The number of urea groups is 1. The molecule has 2 rings (SSSR count). The summed E-state index contributed by atoms with van der Waals surface area (Å²) in [6, 6.07) is 5.64. The Kier molecular flexibility index (Phi) is 4.35. The summed E-state index contributed by atoms with van der Waals surface area (Å²) >= 11 is 0. The van der Waals surface area contributed by atoms with Crippen molar-refractivity contribution >= 4 is 11.7 Å². The zero-order valence-corrected chi connectivity index (χ0v) is 10.6. The summed E-state index contributed by atoms with van der Waals surface area (Å²) in [5, 5.41) is 14.1. The van der Waals surface area contributed by atoms with Crippen molar-refractivity contribution in [3.63, 3.8) is 0 Å². The molecule has 1 saturated carbocycles. The zero-order chi connectivity index (χ0) is 13.7. The van der Waals surface area contributed by atoms with Crippen LogP contribution < -0.4 is 10.6 Å². The highest BCUT2D eigenvalue weighted by Gasteiger charge is 2.15. The standard InChI is InChI=1S/C14H16FN3O/c15-13-8-12(7-6-10(13)9-16)18-14(19)17-11-4-2-1-3-5-11/h6-8,11H,1-5H2,(H2,17,18,19). The van der Waals surface area contributed by atoms with Crippen LogP contribution in [0.3, 0.4) is 0 Å². The molecule has 0 aromatic heterocycles. The third kappa shape index (κ3) is 3.68. The third-order valence-electron chi connectivity index (χ3n) is 3.29. The fraction of sp³-hybridized carbons (Fsp3) is 0.429. The Morgan fingerprint density at radius 2 is 2.05 bits per heavy atom. The van der Waals surface area contributed by atoms with Crippen LogP contribution in [0.25, 0.3) is 0 Å². The second-order valence-electron chi connectivity index (χ2n) is 4.74. The predicted molar refractivity (Wildman–Crippen MR) is 70.1 cm³/mol. The molecule has 0 bridgehead atoms. The number of halogens is 1. The summed E-state index contributed by atoms with van der Waals surface area (Å²) in [6.07, 6.45) is 5.48. The number of rotatable bonds is 2. The molecule has 1 aliphatic carbocycles. The van der Waals surface area contributed by atoms with Crippen molar-refractivity contribution in [2.45, 2.75) is 38.1 Å². The van der Waals surface area contributed by atoms with E-state index < -0.39 is 5.82 Å². The van der Waals surface area contributed by atoms with E-state index in [1.165, 1.54) is 18.6 Å². The highest BCUT2D eigenvalue weighted by atomic mass is 19.1. The predicted octanol–water partition coefficient (Wildman–Crippen LogP) is 3.15. The summed E-state index contributed by atoms with van der Waals surface area (Å²) in [7, 11) is 0. The van der Waals surface area contributed by atoms with Crippen LogP contribution in [0.1, 0.15) is 37.7 Å². The van der Waals surface area contributed by atoms with Gasteiger partial charge >= 0.3 is 6.03 Å². The highest BCUT2D eigenvalue weighted by Crippen LogP contribution is 2.18. The zero-order valence-electron chi connectivity index (χ0n) is 10.6. The topological polar surface area (TPSA) is 64.9 Å². The maximum Gasteiger partial charge on any atom is 0.319 e. The molecule has 0 atom stereocenters. The van der Waals surface area contributed by atoms with Crippen LogP contribution >= 0.6 is 0 Å². The SMILES string of the molecule is N#Cc1ccc(NC(=O)NC2CCCCC2)cc1F.